The number of ether oxygens (including phenoxy) is 1. The zero-order valence-corrected chi connectivity index (χ0v) is 19.7. The average Bonchev–Trinajstić information content (AvgIpc) is 3.41. The Balaban J connectivity index is 1.39. The van der Waals surface area contributed by atoms with Crippen molar-refractivity contribution in [3.63, 3.8) is 0 Å². The number of aromatic amines is 1. The first-order chi connectivity index (χ1) is 17.4. The number of benzene rings is 3. The summed E-state index contributed by atoms with van der Waals surface area (Å²) in [7, 11) is 0. The van der Waals surface area contributed by atoms with Gasteiger partial charge in [-0.25, -0.2) is 13.8 Å². The molecule has 0 spiro atoms. The normalized spacial score (nSPS) is 11.6. The number of halogens is 2. The van der Waals surface area contributed by atoms with Crippen LogP contribution in [0, 0.1) is 36.8 Å². The van der Waals surface area contributed by atoms with Gasteiger partial charge in [-0.15, -0.1) is 0 Å². The molecule has 3 aromatic carbocycles. The topological polar surface area (TPSA) is 66.6 Å². The highest BCUT2D eigenvalue weighted by molar-refractivity contribution is 5.90. The molecule has 2 heterocycles. The van der Waals surface area contributed by atoms with Crippen molar-refractivity contribution < 1.29 is 13.5 Å². The third kappa shape index (κ3) is 4.62. The zero-order chi connectivity index (χ0) is 25.2. The Hall–Kier alpha value is -4.70. The van der Waals surface area contributed by atoms with E-state index in [2.05, 4.69) is 20.6 Å². The molecular formula is C29H22F2N4O. The molecule has 0 fully saturated rings. The minimum Gasteiger partial charge on any atom is -0.489 e. The maximum absolute atomic E-state index is 13.5. The quantitative estimate of drug-likeness (QED) is 0.269. The van der Waals surface area contributed by atoms with Crippen LogP contribution in [0.15, 0.2) is 72.8 Å². The van der Waals surface area contributed by atoms with E-state index >= 15 is 0 Å². The summed E-state index contributed by atoms with van der Waals surface area (Å²) >= 11 is 0. The van der Waals surface area contributed by atoms with E-state index in [0.29, 0.717) is 34.8 Å². The molecule has 0 atom stereocenters. The summed E-state index contributed by atoms with van der Waals surface area (Å²) in [6.07, 6.45) is 1.78. The van der Waals surface area contributed by atoms with Crippen molar-refractivity contribution >= 4 is 22.7 Å². The van der Waals surface area contributed by atoms with E-state index in [1.165, 1.54) is 24.3 Å². The molecule has 1 N–H and O–H groups in total. The Morgan fingerprint density at radius 2 is 1.72 bits per heavy atom. The van der Waals surface area contributed by atoms with E-state index in [4.69, 9.17) is 4.74 Å². The van der Waals surface area contributed by atoms with Crippen LogP contribution in [-0.4, -0.2) is 14.5 Å². The van der Waals surface area contributed by atoms with E-state index in [1.54, 1.807) is 24.3 Å². The van der Waals surface area contributed by atoms with Crippen molar-refractivity contribution in [2.45, 2.75) is 20.5 Å². The van der Waals surface area contributed by atoms with Crippen molar-refractivity contribution in [1.82, 2.24) is 14.5 Å². The summed E-state index contributed by atoms with van der Waals surface area (Å²) < 4.78 is 34.5. The number of aromatic nitrogens is 3. The summed E-state index contributed by atoms with van der Waals surface area (Å²) in [5.74, 6) is 0.463. The second-order valence-corrected chi connectivity index (χ2v) is 8.49. The predicted octanol–water partition coefficient (Wildman–Crippen LogP) is 6.89. The number of nitrogens with zero attached hydrogens (tertiary/aromatic N) is 3. The Bertz CT molecular complexity index is 1620. The lowest BCUT2D eigenvalue weighted by atomic mass is 10.1. The standard InChI is InChI=1S/C29H22F2N4O/c1-18-13-21(14-22(16-32)29-33-27-12-7-24(31)15-28(27)34-29)19(2)35(18)25-8-10-26(11-9-25)36-17-20-3-5-23(30)6-4-20/h3-15H,17H2,1-2H3,(H,33,34)/b22-14-. The first kappa shape index (κ1) is 23.1. The van der Waals surface area contributed by atoms with Gasteiger partial charge < -0.3 is 14.3 Å². The fourth-order valence-corrected chi connectivity index (χ4v) is 4.19. The molecule has 0 aliphatic rings. The van der Waals surface area contributed by atoms with Gasteiger partial charge in [-0.2, -0.15) is 5.26 Å². The molecule has 7 heteroatoms. The van der Waals surface area contributed by atoms with Gasteiger partial charge in [0.1, 0.15) is 35.9 Å². The second kappa shape index (κ2) is 9.51. The number of aryl methyl sites for hydroxylation is 1. The molecule has 5 aromatic rings. The van der Waals surface area contributed by atoms with Crippen LogP contribution in [0.1, 0.15) is 28.3 Å². The Kier molecular flexibility index (Phi) is 6.09. The molecular weight excluding hydrogens is 458 g/mol. The lowest BCUT2D eigenvalue weighted by molar-refractivity contribution is 0.306. The summed E-state index contributed by atoms with van der Waals surface area (Å²) in [5.41, 5.74) is 6.18. The lowest BCUT2D eigenvalue weighted by Crippen LogP contribution is -2.00. The van der Waals surface area contributed by atoms with Crippen molar-refractivity contribution in [3.8, 4) is 17.5 Å². The number of nitriles is 1. The van der Waals surface area contributed by atoms with Crippen LogP contribution in [0.2, 0.25) is 0 Å². The van der Waals surface area contributed by atoms with Crippen LogP contribution in [0.5, 0.6) is 5.75 Å². The number of fused-ring (bicyclic) bond motifs is 1. The van der Waals surface area contributed by atoms with Gasteiger partial charge in [-0.3, -0.25) is 0 Å². The number of rotatable bonds is 6. The largest absolute Gasteiger partial charge is 0.489 e. The third-order valence-electron chi connectivity index (χ3n) is 6.00. The molecule has 0 bridgehead atoms. The SMILES string of the molecule is Cc1cc(/C=C(/C#N)c2nc3ccc(F)cc3[nH]2)c(C)n1-c1ccc(OCc2ccc(F)cc2)cc1. The molecule has 0 aliphatic heterocycles. The van der Waals surface area contributed by atoms with Crippen molar-refractivity contribution in [3.05, 3.63) is 113 Å². The highest BCUT2D eigenvalue weighted by atomic mass is 19.1. The van der Waals surface area contributed by atoms with Gasteiger partial charge in [-0.1, -0.05) is 12.1 Å². The van der Waals surface area contributed by atoms with E-state index in [9.17, 15) is 14.0 Å². The predicted molar refractivity (Wildman–Crippen MR) is 136 cm³/mol. The number of imidazole rings is 1. The Morgan fingerprint density at radius 3 is 2.44 bits per heavy atom. The van der Waals surface area contributed by atoms with E-state index in [0.717, 1.165) is 28.2 Å². The highest BCUT2D eigenvalue weighted by Gasteiger charge is 2.13. The van der Waals surface area contributed by atoms with Crippen molar-refractivity contribution in [2.75, 3.05) is 0 Å². The van der Waals surface area contributed by atoms with Crippen LogP contribution in [0.4, 0.5) is 8.78 Å². The van der Waals surface area contributed by atoms with Crippen LogP contribution < -0.4 is 4.74 Å². The van der Waals surface area contributed by atoms with Gasteiger partial charge in [0.25, 0.3) is 0 Å². The number of nitrogens with one attached hydrogen (secondary N) is 1. The van der Waals surface area contributed by atoms with Gasteiger partial charge in [-0.05, 0) is 91.7 Å². The average molecular weight is 481 g/mol. The fourth-order valence-electron chi connectivity index (χ4n) is 4.19. The number of hydrogen-bond donors (Lipinski definition) is 1. The summed E-state index contributed by atoms with van der Waals surface area (Å²) in [5, 5.41) is 9.79. The molecule has 178 valence electrons. The smallest absolute Gasteiger partial charge is 0.149 e. The van der Waals surface area contributed by atoms with E-state index in [-0.39, 0.29) is 11.6 Å². The van der Waals surface area contributed by atoms with Gasteiger partial charge in [0.05, 0.1) is 16.6 Å². The highest BCUT2D eigenvalue weighted by Crippen LogP contribution is 2.27. The lowest BCUT2D eigenvalue weighted by Gasteiger charge is -2.11. The molecule has 36 heavy (non-hydrogen) atoms. The first-order valence-electron chi connectivity index (χ1n) is 11.4. The van der Waals surface area contributed by atoms with Crippen LogP contribution in [-0.2, 0) is 6.61 Å². The molecule has 2 aromatic heterocycles. The first-order valence-corrected chi connectivity index (χ1v) is 11.4. The maximum Gasteiger partial charge on any atom is 0.149 e. The van der Waals surface area contributed by atoms with E-state index in [1.807, 2.05) is 44.2 Å². The number of H-pyrrole nitrogens is 1. The van der Waals surface area contributed by atoms with Gasteiger partial charge in [0, 0.05) is 17.1 Å². The molecule has 0 saturated heterocycles. The van der Waals surface area contributed by atoms with Gasteiger partial charge >= 0.3 is 0 Å². The molecule has 5 rings (SSSR count). The second-order valence-electron chi connectivity index (χ2n) is 8.49. The molecule has 0 amide bonds. The summed E-state index contributed by atoms with van der Waals surface area (Å²) in [4.78, 5) is 7.47. The minimum absolute atomic E-state index is 0.273. The van der Waals surface area contributed by atoms with Crippen LogP contribution in [0.3, 0.4) is 0 Å². The maximum atomic E-state index is 13.5. The van der Waals surface area contributed by atoms with Gasteiger partial charge in [0.2, 0.25) is 0 Å². The van der Waals surface area contributed by atoms with Crippen molar-refractivity contribution in [1.29, 1.82) is 5.26 Å². The number of allylic oxidation sites excluding steroid dienone is 1. The van der Waals surface area contributed by atoms with Crippen LogP contribution >= 0.6 is 0 Å². The van der Waals surface area contributed by atoms with Crippen molar-refractivity contribution in [2.24, 2.45) is 0 Å². The zero-order valence-electron chi connectivity index (χ0n) is 19.7. The number of hydrogen-bond acceptors (Lipinski definition) is 3. The monoisotopic (exact) mass is 480 g/mol. The summed E-state index contributed by atoms with van der Waals surface area (Å²) in [6, 6.07) is 22.4. The Labute approximate surface area is 206 Å². The third-order valence-corrected chi connectivity index (χ3v) is 6.00. The van der Waals surface area contributed by atoms with Gasteiger partial charge in [0.15, 0.2) is 0 Å². The molecule has 5 nitrogen and oxygen atoms in total. The summed E-state index contributed by atoms with van der Waals surface area (Å²) in [6.45, 7) is 4.33. The van der Waals surface area contributed by atoms with Crippen LogP contribution in [0.25, 0.3) is 28.4 Å². The molecule has 0 radical (unpaired) electrons. The molecule has 0 aliphatic carbocycles. The minimum atomic E-state index is -0.365. The molecule has 0 saturated carbocycles. The fraction of sp³-hybridized carbons (Fsp3) is 0.103. The Morgan fingerprint density at radius 1 is 1.00 bits per heavy atom. The molecule has 0 unspecified atom stereocenters. The van der Waals surface area contributed by atoms with E-state index < -0.39 is 0 Å².